The SMILES string of the molecule is [In].[In].[In].[In].[In].[Th].[Th].[Th]. The fourth-order valence-electron chi connectivity index (χ4n) is 0. The first kappa shape index (κ1) is 55.3. The summed E-state index contributed by atoms with van der Waals surface area (Å²) in [4.78, 5) is 0. The zero-order valence-corrected chi connectivity index (χ0v) is 33.2. The van der Waals surface area contributed by atoms with Crippen molar-refractivity contribution in [3.8, 4) is 0 Å². The van der Waals surface area contributed by atoms with Gasteiger partial charge in [0.05, 0.1) is 0 Å². The molecule has 0 aliphatic heterocycles. The number of hydrogen-bond acceptors (Lipinski definition) is 0. The van der Waals surface area contributed by atoms with Crippen LogP contribution >= 0.6 is 0 Å². The van der Waals surface area contributed by atoms with Crippen molar-refractivity contribution in [2.24, 2.45) is 0 Å². The van der Waals surface area contributed by atoms with E-state index in [-0.39, 0.29) is 249 Å². The zero-order chi connectivity index (χ0) is 0. The summed E-state index contributed by atoms with van der Waals surface area (Å²) in [7, 11) is 0. The van der Waals surface area contributed by atoms with E-state index in [1.807, 2.05) is 0 Å². The summed E-state index contributed by atoms with van der Waals surface area (Å²) in [6.07, 6.45) is 0. The third-order valence-corrected chi connectivity index (χ3v) is 0. The minimum absolute atomic E-state index is 0. The van der Waals surface area contributed by atoms with Crippen LogP contribution in [-0.4, -0.2) is 129 Å². The van der Waals surface area contributed by atoms with Gasteiger partial charge in [-0.15, -0.1) is 0 Å². The van der Waals surface area contributed by atoms with E-state index in [0.29, 0.717) is 0 Å². The largest absolute Gasteiger partial charge is 0 e. The average Bonchev–Trinajstić information content (AvgIpc) is 0. The molecular weight excluding hydrogens is 1270 g/mol. The van der Waals surface area contributed by atoms with Crippen LogP contribution < -0.4 is 0 Å². The van der Waals surface area contributed by atoms with Crippen molar-refractivity contribution in [3.63, 3.8) is 0 Å². The van der Waals surface area contributed by atoms with Crippen molar-refractivity contribution in [1.82, 2.24) is 0 Å². The first-order chi connectivity index (χ1) is 0. The second-order valence-corrected chi connectivity index (χ2v) is 0. The van der Waals surface area contributed by atoms with Gasteiger partial charge in [0.1, 0.15) is 0 Å². The Morgan fingerprint density at radius 2 is 0.250 bits per heavy atom. The molecule has 0 aromatic rings. The van der Waals surface area contributed by atoms with E-state index in [1.54, 1.807) is 0 Å². The van der Waals surface area contributed by atoms with E-state index in [1.165, 1.54) is 0 Å². The first-order valence-electron chi connectivity index (χ1n) is 0. The van der Waals surface area contributed by atoms with Crippen LogP contribution in [0.2, 0.25) is 0 Å². The first-order valence-corrected chi connectivity index (χ1v) is 0. The Morgan fingerprint density at radius 1 is 0.250 bits per heavy atom. The second kappa shape index (κ2) is 45.4. The monoisotopic (exact) mass is 1270 g/mol. The normalized spacial score (nSPS) is 0. The summed E-state index contributed by atoms with van der Waals surface area (Å²) in [5, 5.41) is 0. The van der Waals surface area contributed by atoms with Crippen LogP contribution in [0.15, 0.2) is 0 Å². The summed E-state index contributed by atoms with van der Waals surface area (Å²) in [5.74, 6) is 0. The molecule has 8 heavy (non-hydrogen) atoms. The topological polar surface area (TPSA) is 0 Å². The summed E-state index contributed by atoms with van der Waals surface area (Å²) >= 11 is 0. The Bertz CT molecular complexity index is 7.64. The molecule has 0 saturated carbocycles. The van der Waals surface area contributed by atoms with Crippen LogP contribution in [0.1, 0.15) is 0 Å². The van der Waals surface area contributed by atoms with Gasteiger partial charge in [-0.2, -0.15) is 0 Å². The second-order valence-electron chi connectivity index (χ2n) is 0. The van der Waals surface area contributed by atoms with E-state index in [2.05, 4.69) is 0 Å². The maximum absolute atomic E-state index is 0. The molecule has 0 aliphatic carbocycles. The van der Waals surface area contributed by atoms with Crippen LogP contribution in [0.3, 0.4) is 0 Å². The Labute approximate surface area is 240 Å². The molecule has 0 unspecified atom stereocenters. The molecule has 0 nitrogen and oxygen atoms in total. The van der Waals surface area contributed by atoms with Crippen molar-refractivity contribution in [2.75, 3.05) is 0 Å². The van der Waals surface area contributed by atoms with Crippen molar-refractivity contribution in [3.05, 3.63) is 0 Å². The average molecular weight is 1270 g/mol. The van der Waals surface area contributed by atoms with Gasteiger partial charge in [-0.1, -0.05) is 0 Å². The van der Waals surface area contributed by atoms with Gasteiger partial charge in [-0.3, -0.25) is 0 Å². The molecule has 0 aromatic heterocycles. The molecule has 8 heteroatoms. The molecule has 0 saturated heterocycles. The van der Waals surface area contributed by atoms with Crippen LogP contribution in [0.5, 0.6) is 0 Å². The molecule has 0 aliphatic rings. The van der Waals surface area contributed by atoms with Crippen LogP contribution in [-0.2, 0) is 0 Å². The molecule has 0 N–H and O–H groups in total. The molecule has 0 atom stereocenters. The molecule has 0 bridgehead atoms. The Balaban J connectivity index is 0. The summed E-state index contributed by atoms with van der Waals surface area (Å²) in [6, 6.07) is 0. The maximum atomic E-state index is 0. The Morgan fingerprint density at radius 3 is 0.250 bits per heavy atom. The third kappa shape index (κ3) is 36.7. The van der Waals surface area contributed by atoms with E-state index in [4.69, 9.17) is 0 Å². The van der Waals surface area contributed by atoms with Gasteiger partial charge in [0, 0.05) is 249 Å². The van der Waals surface area contributed by atoms with Crippen molar-refractivity contribution in [1.29, 1.82) is 0 Å². The van der Waals surface area contributed by atoms with Crippen LogP contribution in [0.4, 0.5) is 0 Å². The summed E-state index contributed by atoms with van der Waals surface area (Å²) in [5.41, 5.74) is 0. The third-order valence-electron chi connectivity index (χ3n) is 0. The number of rotatable bonds is 0. The molecule has 15 radical (unpaired) electrons. The van der Waals surface area contributed by atoms with E-state index in [9.17, 15) is 0 Å². The van der Waals surface area contributed by atoms with Crippen molar-refractivity contribution < 1.29 is 120 Å². The van der Waals surface area contributed by atoms with Gasteiger partial charge in [-0.05, 0) is 0 Å². The molecule has 0 rings (SSSR count). The minimum Gasteiger partial charge on any atom is 0 e. The molecule has 27 valence electrons. The molecule has 0 spiro atoms. The van der Waals surface area contributed by atoms with E-state index < -0.39 is 0 Å². The molecular formula is In5Th3. The van der Waals surface area contributed by atoms with Gasteiger partial charge in [-0.25, -0.2) is 0 Å². The van der Waals surface area contributed by atoms with Gasteiger partial charge < -0.3 is 0 Å². The maximum Gasteiger partial charge on any atom is 0 e. The quantitative estimate of drug-likeness (QED) is 0.267. The molecule has 0 aromatic carbocycles. The molecule has 0 heterocycles. The predicted molar refractivity (Wildman–Crippen MR) is 28.8 cm³/mol. The zero-order valence-electron chi connectivity index (χ0n) is 4.39. The van der Waals surface area contributed by atoms with E-state index in [0.717, 1.165) is 0 Å². The van der Waals surface area contributed by atoms with Gasteiger partial charge in [0.15, 0.2) is 0 Å². The summed E-state index contributed by atoms with van der Waals surface area (Å²) < 4.78 is 0. The van der Waals surface area contributed by atoms with Gasteiger partial charge in [0.2, 0.25) is 0 Å². The van der Waals surface area contributed by atoms with Crippen LogP contribution in [0.25, 0.3) is 0 Å². The molecule has 0 fully saturated rings. The molecule has 0 amide bonds. The minimum atomic E-state index is 0. The van der Waals surface area contributed by atoms with Gasteiger partial charge >= 0.3 is 0 Å². The smallest absolute Gasteiger partial charge is 0 e. The predicted octanol–water partition coefficient (Wildman–Crippen LogP) is -1.90. The fourth-order valence-corrected chi connectivity index (χ4v) is 0. The van der Waals surface area contributed by atoms with Crippen molar-refractivity contribution in [2.45, 2.75) is 0 Å². The fraction of sp³-hybridized carbons (Fsp3) is 0. The van der Waals surface area contributed by atoms with Crippen molar-refractivity contribution >= 4 is 129 Å². The number of hydrogen-bond donors (Lipinski definition) is 0. The standard InChI is InChI=1S/5In.3Th. The Kier molecular flexibility index (Phi) is 314. The van der Waals surface area contributed by atoms with Crippen LogP contribution in [0, 0.1) is 120 Å². The van der Waals surface area contributed by atoms with E-state index >= 15 is 0 Å². The summed E-state index contributed by atoms with van der Waals surface area (Å²) in [6.45, 7) is 0. The Hall–Kier alpha value is 8.32. The van der Waals surface area contributed by atoms with Gasteiger partial charge in [0.25, 0.3) is 0 Å².